The summed E-state index contributed by atoms with van der Waals surface area (Å²) in [5.41, 5.74) is 3.97. The average molecular weight is 363 g/mol. The summed E-state index contributed by atoms with van der Waals surface area (Å²) in [6.45, 7) is 0. The monoisotopic (exact) mass is 363 g/mol. The van der Waals surface area contributed by atoms with Crippen LogP contribution in [0.2, 0.25) is 0 Å². The van der Waals surface area contributed by atoms with Crippen LogP contribution in [0.1, 0.15) is 11.1 Å². The summed E-state index contributed by atoms with van der Waals surface area (Å²) in [6.07, 6.45) is -0.917. The van der Waals surface area contributed by atoms with Gasteiger partial charge < -0.3 is 0 Å². The lowest BCUT2D eigenvalue weighted by molar-refractivity contribution is -0.137. The van der Waals surface area contributed by atoms with Crippen LogP contribution in [0.15, 0.2) is 73.1 Å². The second kappa shape index (κ2) is 6.29. The molecule has 0 saturated heterocycles. The van der Waals surface area contributed by atoms with E-state index in [1.54, 1.807) is 29.0 Å². The molecule has 0 aliphatic carbocycles. The van der Waals surface area contributed by atoms with Crippen LogP contribution in [0.3, 0.4) is 0 Å². The van der Waals surface area contributed by atoms with Crippen LogP contribution < -0.4 is 0 Å². The third kappa shape index (κ3) is 3.15. The molecule has 0 saturated carbocycles. The molecule has 0 fully saturated rings. The minimum absolute atomic E-state index is 0.578. The Morgan fingerprint density at radius 3 is 2.15 bits per heavy atom. The Balaban J connectivity index is 1.77. The number of rotatable bonds is 2. The first-order chi connectivity index (χ1) is 13.0. The predicted octanol–water partition coefficient (Wildman–Crippen LogP) is 5.56. The van der Waals surface area contributed by atoms with Crippen LogP contribution in [-0.4, -0.2) is 9.61 Å². The van der Waals surface area contributed by atoms with Gasteiger partial charge in [-0.3, -0.25) is 0 Å². The number of fused-ring (bicyclic) bond motifs is 1. The summed E-state index contributed by atoms with van der Waals surface area (Å²) < 4.78 is 40.0. The molecular weight excluding hydrogens is 351 g/mol. The fourth-order valence-electron chi connectivity index (χ4n) is 2.96. The van der Waals surface area contributed by atoms with Gasteiger partial charge in [-0.15, -0.1) is 0 Å². The van der Waals surface area contributed by atoms with Gasteiger partial charge in [0.2, 0.25) is 0 Å². The SMILES string of the molecule is N#Cc1ccc(-c2ccn3ncc(-c4ccc(C(F)(F)F)cc4)c3c2)cc1. The number of nitrogens with zero attached hydrogens (tertiary/aromatic N) is 3. The third-order valence-electron chi connectivity index (χ3n) is 4.39. The van der Waals surface area contributed by atoms with E-state index in [1.165, 1.54) is 12.1 Å². The molecule has 0 aliphatic rings. The molecule has 3 nitrogen and oxygen atoms in total. The minimum atomic E-state index is -4.36. The molecule has 132 valence electrons. The third-order valence-corrected chi connectivity index (χ3v) is 4.39. The van der Waals surface area contributed by atoms with Gasteiger partial charge in [0.05, 0.1) is 28.9 Å². The van der Waals surface area contributed by atoms with Gasteiger partial charge in [0.15, 0.2) is 0 Å². The number of pyridine rings is 1. The molecule has 0 bridgehead atoms. The Morgan fingerprint density at radius 1 is 0.852 bits per heavy atom. The Hall–Kier alpha value is -3.59. The van der Waals surface area contributed by atoms with Crippen LogP contribution in [-0.2, 0) is 6.18 Å². The maximum Gasteiger partial charge on any atom is 0.416 e. The van der Waals surface area contributed by atoms with Gasteiger partial charge in [-0.2, -0.15) is 23.5 Å². The van der Waals surface area contributed by atoms with E-state index in [4.69, 9.17) is 5.26 Å². The van der Waals surface area contributed by atoms with E-state index in [0.717, 1.165) is 34.3 Å². The molecule has 27 heavy (non-hydrogen) atoms. The highest BCUT2D eigenvalue weighted by Crippen LogP contribution is 2.33. The fourth-order valence-corrected chi connectivity index (χ4v) is 2.96. The number of alkyl halides is 3. The quantitative estimate of drug-likeness (QED) is 0.468. The molecule has 4 rings (SSSR count). The van der Waals surface area contributed by atoms with Crippen molar-refractivity contribution in [2.45, 2.75) is 6.18 Å². The molecule has 2 aromatic heterocycles. The zero-order valence-electron chi connectivity index (χ0n) is 13.9. The molecule has 2 aromatic carbocycles. The lowest BCUT2D eigenvalue weighted by Gasteiger charge is -2.08. The van der Waals surface area contributed by atoms with E-state index in [9.17, 15) is 13.2 Å². The van der Waals surface area contributed by atoms with Crippen molar-refractivity contribution in [3.63, 3.8) is 0 Å². The number of nitriles is 1. The number of aromatic nitrogens is 2. The Labute approximate surface area is 152 Å². The van der Waals surface area contributed by atoms with Crippen LogP contribution >= 0.6 is 0 Å². The van der Waals surface area contributed by atoms with E-state index in [0.29, 0.717) is 11.1 Å². The Bertz CT molecular complexity index is 1150. The minimum Gasteiger partial charge on any atom is -0.240 e. The first-order valence-corrected chi connectivity index (χ1v) is 8.11. The lowest BCUT2D eigenvalue weighted by Crippen LogP contribution is -2.03. The van der Waals surface area contributed by atoms with E-state index in [2.05, 4.69) is 11.2 Å². The van der Waals surface area contributed by atoms with Gasteiger partial charge in [-0.25, -0.2) is 4.52 Å². The van der Waals surface area contributed by atoms with Crippen molar-refractivity contribution in [2.24, 2.45) is 0 Å². The maximum absolute atomic E-state index is 12.8. The lowest BCUT2D eigenvalue weighted by atomic mass is 10.0. The van der Waals surface area contributed by atoms with Crippen LogP contribution in [0.5, 0.6) is 0 Å². The van der Waals surface area contributed by atoms with Crippen molar-refractivity contribution >= 4 is 5.52 Å². The molecule has 0 spiro atoms. The molecule has 0 N–H and O–H groups in total. The molecule has 0 radical (unpaired) electrons. The van der Waals surface area contributed by atoms with Crippen LogP contribution in [0.4, 0.5) is 13.2 Å². The summed E-state index contributed by atoms with van der Waals surface area (Å²) in [5.74, 6) is 0. The maximum atomic E-state index is 12.8. The van der Waals surface area contributed by atoms with Crippen LogP contribution in [0, 0.1) is 11.3 Å². The van der Waals surface area contributed by atoms with Gasteiger partial charge in [-0.1, -0.05) is 24.3 Å². The summed E-state index contributed by atoms with van der Waals surface area (Å²) in [4.78, 5) is 0. The van der Waals surface area contributed by atoms with Gasteiger partial charge >= 0.3 is 6.18 Å². The normalized spacial score (nSPS) is 11.5. The molecule has 0 aliphatic heterocycles. The first-order valence-electron chi connectivity index (χ1n) is 8.11. The summed E-state index contributed by atoms with van der Waals surface area (Å²) in [5, 5.41) is 13.2. The number of benzene rings is 2. The van der Waals surface area contributed by atoms with Crippen molar-refractivity contribution in [1.82, 2.24) is 9.61 Å². The molecule has 0 unspecified atom stereocenters. The molecule has 0 atom stereocenters. The predicted molar refractivity (Wildman–Crippen MR) is 95.8 cm³/mol. The van der Waals surface area contributed by atoms with Gasteiger partial charge in [0.25, 0.3) is 0 Å². The second-order valence-corrected chi connectivity index (χ2v) is 6.07. The number of halogens is 3. The van der Waals surface area contributed by atoms with Crippen molar-refractivity contribution in [3.8, 4) is 28.3 Å². The molecular formula is C21H12F3N3. The van der Waals surface area contributed by atoms with Crippen LogP contribution in [0.25, 0.3) is 27.8 Å². The largest absolute Gasteiger partial charge is 0.416 e. The summed E-state index contributed by atoms with van der Waals surface area (Å²) in [6, 6.07) is 18.2. The summed E-state index contributed by atoms with van der Waals surface area (Å²) >= 11 is 0. The number of hydrogen-bond donors (Lipinski definition) is 0. The standard InChI is InChI=1S/C21H12F3N3/c22-21(23,24)18-7-5-16(6-8-18)19-13-26-27-10-9-17(11-20(19)27)15-3-1-14(12-25)2-4-15/h1-11,13H. The topological polar surface area (TPSA) is 41.1 Å². The first kappa shape index (κ1) is 16.9. The smallest absolute Gasteiger partial charge is 0.240 e. The molecule has 6 heteroatoms. The van der Waals surface area contributed by atoms with Gasteiger partial charge in [-0.05, 0) is 53.1 Å². The zero-order valence-corrected chi connectivity index (χ0v) is 13.9. The average Bonchev–Trinajstić information content (AvgIpc) is 3.10. The fraction of sp³-hybridized carbons (Fsp3) is 0.0476. The van der Waals surface area contributed by atoms with E-state index < -0.39 is 11.7 Å². The highest BCUT2D eigenvalue weighted by molar-refractivity contribution is 5.83. The van der Waals surface area contributed by atoms with Crippen molar-refractivity contribution < 1.29 is 13.2 Å². The van der Waals surface area contributed by atoms with Gasteiger partial charge in [0.1, 0.15) is 0 Å². The Kier molecular flexibility index (Phi) is 3.93. The van der Waals surface area contributed by atoms with Crippen molar-refractivity contribution in [2.75, 3.05) is 0 Å². The van der Waals surface area contributed by atoms with Crippen molar-refractivity contribution in [1.29, 1.82) is 5.26 Å². The Morgan fingerprint density at radius 2 is 1.52 bits per heavy atom. The second-order valence-electron chi connectivity index (χ2n) is 6.07. The summed E-state index contributed by atoms with van der Waals surface area (Å²) in [7, 11) is 0. The highest BCUT2D eigenvalue weighted by Gasteiger charge is 2.30. The number of hydrogen-bond acceptors (Lipinski definition) is 2. The molecule has 4 aromatic rings. The van der Waals surface area contributed by atoms with Crippen molar-refractivity contribution in [3.05, 3.63) is 84.2 Å². The molecule has 2 heterocycles. The van der Waals surface area contributed by atoms with E-state index in [1.807, 2.05) is 24.3 Å². The van der Waals surface area contributed by atoms with Gasteiger partial charge in [0, 0.05) is 11.8 Å². The highest BCUT2D eigenvalue weighted by atomic mass is 19.4. The van der Waals surface area contributed by atoms with E-state index >= 15 is 0 Å². The van der Waals surface area contributed by atoms with E-state index in [-0.39, 0.29) is 0 Å². The zero-order chi connectivity index (χ0) is 19.0. The molecule has 0 amide bonds.